The molecule has 3 aromatic rings. The molecule has 4 rings (SSSR count). The Labute approximate surface area is 177 Å². The molecule has 6 nitrogen and oxygen atoms in total. The first-order valence-electron chi connectivity index (χ1n) is 10.7. The summed E-state index contributed by atoms with van der Waals surface area (Å²) in [6, 6.07) is 8.30. The number of likely N-dealkylation sites (tertiary alicyclic amines) is 1. The van der Waals surface area contributed by atoms with Crippen LogP contribution in [0.3, 0.4) is 0 Å². The van der Waals surface area contributed by atoms with Gasteiger partial charge in [-0.1, -0.05) is 0 Å². The summed E-state index contributed by atoms with van der Waals surface area (Å²) in [5, 5.41) is 6.63. The lowest BCUT2D eigenvalue weighted by Gasteiger charge is -2.31. The molecule has 0 spiro atoms. The molecular formula is C24H30N4O2. The number of aromatic nitrogens is 3. The third kappa shape index (κ3) is 3.97. The first kappa shape index (κ1) is 20.5. The Morgan fingerprint density at radius 2 is 2.00 bits per heavy atom. The van der Waals surface area contributed by atoms with Gasteiger partial charge in [-0.05, 0) is 81.9 Å². The highest BCUT2D eigenvalue weighted by Crippen LogP contribution is 2.32. The molecule has 2 aromatic heterocycles. The Hall–Kier alpha value is -2.73. The Morgan fingerprint density at radius 3 is 2.70 bits per heavy atom. The van der Waals surface area contributed by atoms with E-state index in [9.17, 15) is 4.79 Å². The Bertz CT molecular complexity index is 1050. The number of benzene rings is 1. The normalized spacial score (nSPS) is 15.8. The molecule has 1 aliphatic heterocycles. The predicted octanol–water partition coefficient (Wildman–Crippen LogP) is 4.39. The van der Waals surface area contributed by atoms with E-state index in [1.165, 1.54) is 5.39 Å². The van der Waals surface area contributed by atoms with E-state index in [-0.39, 0.29) is 11.8 Å². The zero-order valence-corrected chi connectivity index (χ0v) is 18.3. The number of carbonyl (C=O) groups excluding carboxylic acids is 1. The van der Waals surface area contributed by atoms with Crippen LogP contribution in [0.5, 0.6) is 5.75 Å². The van der Waals surface area contributed by atoms with Gasteiger partial charge in [-0.2, -0.15) is 5.10 Å². The summed E-state index contributed by atoms with van der Waals surface area (Å²) in [6.45, 7) is 8.45. The smallest absolute Gasteiger partial charge is 0.194 e. The Balaban J connectivity index is 1.42. The van der Waals surface area contributed by atoms with Crippen molar-refractivity contribution in [2.24, 2.45) is 0 Å². The van der Waals surface area contributed by atoms with Crippen LogP contribution in [0.4, 0.5) is 0 Å². The maximum Gasteiger partial charge on any atom is 0.194 e. The van der Waals surface area contributed by atoms with Gasteiger partial charge in [0.2, 0.25) is 0 Å². The second-order valence-corrected chi connectivity index (χ2v) is 8.45. The fourth-order valence-electron chi connectivity index (χ4n) is 4.42. The van der Waals surface area contributed by atoms with E-state index in [0.717, 1.165) is 48.3 Å². The van der Waals surface area contributed by atoms with Crippen LogP contribution in [0.15, 0.2) is 36.7 Å². The molecule has 0 radical (unpaired) electrons. The third-order valence-electron chi connectivity index (χ3n) is 6.18. The lowest BCUT2D eigenvalue weighted by Crippen LogP contribution is -2.37. The van der Waals surface area contributed by atoms with E-state index in [0.29, 0.717) is 18.2 Å². The van der Waals surface area contributed by atoms with Crippen LogP contribution in [0.25, 0.3) is 10.8 Å². The van der Waals surface area contributed by atoms with Gasteiger partial charge in [0, 0.05) is 35.4 Å². The number of fused-ring (bicyclic) bond motifs is 1. The van der Waals surface area contributed by atoms with Crippen LogP contribution in [-0.2, 0) is 0 Å². The van der Waals surface area contributed by atoms with Gasteiger partial charge in [-0.15, -0.1) is 0 Å². The summed E-state index contributed by atoms with van der Waals surface area (Å²) in [6.07, 6.45) is 5.71. The molecule has 0 unspecified atom stereocenters. The number of Topliss-reactive ketones (excluding diaryl/α,β-unsaturated/α-hetero) is 1. The number of ether oxygens (including phenoxy) is 1. The summed E-state index contributed by atoms with van der Waals surface area (Å²) in [5.41, 5.74) is 3.00. The van der Waals surface area contributed by atoms with E-state index in [1.54, 1.807) is 13.3 Å². The van der Waals surface area contributed by atoms with Crippen molar-refractivity contribution in [3.63, 3.8) is 0 Å². The number of pyridine rings is 1. The number of rotatable bonds is 6. The van der Waals surface area contributed by atoms with Crippen molar-refractivity contribution in [1.29, 1.82) is 0 Å². The number of nitrogens with zero attached hydrogens (tertiary/aromatic N) is 4. The number of ketones is 1. The highest BCUT2D eigenvalue weighted by Gasteiger charge is 2.25. The van der Waals surface area contributed by atoms with E-state index in [4.69, 9.17) is 9.72 Å². The van der Waals surface area contributed by atoms with Gasteiger partial charge in [0.05, 0.1) is 13.7 Å². The maximum atomic E-state index is 12.8. The molecule has 0 aliphatic carbocycles. The molecule has 0 bridgehead atoms. The Morgan fingerprint density at radius 1 is 1.23 bits per heavy atom. The van der Waals surface area contributed by atoms with Crippen molar-refractivity contribution in [1.82, 2.24) is 19.7 Å². The highest BCUT2D eigenvalue weighted by atomic mass is 16.5. The zero-order valence-electron chi connectivity index (χ0n) is 18.3. The zero-order chi connectivity index (χ0) is 21.3. The lowest BCUT2D eigenvalue weighted by molar-refractivity contribution is 0.0896. The van der Waals surface area contributed by atoms with Crippen molar-refractivity contribution < 1.29 is 9.53 Å². The molecule has 0 N–H and O–H groups in total. The van der Waals surface area contributed by atoms with Crippen molar-refractivity contribution in [3.8, 4) is 5.75 Å². The maximum absolute atomic E-state index is 12.8. The number of piperidine rings is 1. The van der Waals surface area contributed by atoms with Gasteiger partial charge in [0.15, 0.2) is 5.78 Å². The molecule has 0 atom stereocenters. The van der Waals surface area contributed by atoms with Crippen molar-refractivity contribution in [2.45, 2.75) is 45.6 Å². The summed E-state index contributed by atoms with van der Waals surface area (Å²) in [4.78, 5) is 19.8. The first-order chi connectivity index (χ1) is 14.5. The summed E-state index contributed by atoms with van der Waals surface area (Å²) in [7, 11) is 1.71. The Kier molecular flexibility index (Phi) is 5.86. The fraction of sp³-hybridized carbons (Fsp3) is 0.458. The van der Waals surface area contributed by atoms with Crippen molar-refractivity contribution in [2.75, 3.05) is 26.7 Å². The van der Waals surface area contributed by atoms with E-state index >= 15 is 0 Å². The van der Waals surface area contributed by atoms with Crippen molar-refractivity contribution in [3.05, 3.63) is 53.6 Å². The molecular weight excluding hydrogens is 376 g/mol. The summed E-state index contributed by atoms with van der Waals surface area (Å²) >= 11 is 0. The number of aryl methyl sites for hydroxylation is 1. The van der Waals surface area contributed by atoms with E-state index in [1.807, 2.05) is 36.9 Å². The van der Waals surface area contributed by atoms with Gasteiger partial charge < -0.3 is 4.74 Å². The van der Waals surface area contributed by atoms with Crippen LogP contribution in [0.2, 0.25) is 0 Å². The fourth-order valence-corrected chi connectivity index (χ4v) is 4.42. The molecule has 3 heterocycles. The molecule has 0 saturated carbocycles. The number of hydrogen-bond donors (Lipinski definition) is 0. The standard InChI is InChI=1S/C24H30N4O2/c1-16(2)28-22(7-10-26-28)23(29)15-27-11-8-18(9-12-27)21-13-20-17(3)24(30-4)6-5-19(20)14-25-21/h5-7,10,13-14,16,18H,8-9,11-12,15H2,1-4H3. The minimum Gasteiger partial charge on any atom is -0.496 e. The minimum absolute atomic E-state index is 0.145. The average molecular weight is 407 g/mol. The quantitative estimate of drug-likeness (QED) is 0.568. The van der Waals surface area contributed by atoms with Gasteiger partial charge in [0.1, 0.15) is 11.4 Å². The third-order valence-corrected chi connectivity index (χ3v) is 6.18. The molecule has 1 aliphatic rings. The van der Waals surface area contributed by atoms with Crippen LogP contribution < -0.4 is 4.74 Å². The van der Waals surface area contributed by atoms with Crippen molar-refractivity contribution >= 4 is 16.6 Å². The molecule has 1 saturated heterocycles. The lowest BCUT2D eigenvalue weighted by atomic mass is 9.91. The van der Waals surface area contributed by atoms with Crippen LogP contribution in [0, 0.1) is 6.92 Å². The average Bonchev–Trinajstić information content (AvgIpc) is 3.25. The number of hydrogen-bond acceptors (Lipinski definition) is 5. The molecule has 1 aromatic carbocycles. The summed E-state index contributed by atoms with van der Waals surface area (Å²) < 4.78 is 7.29. The van der Waals surface area contributed by atoms with Gasteiger partial charge in [-0.3, -0.25) is 19.4 Å². The van der Waals surface area contributed by atoms with Crippen LogP contribution in [-0.4, -0.2) is 52.2 Å². The number of methoxy groups -OCH3 is 1. The largest absolute Gasteiger partial charge is 0.496 e. The summed E-state index contributed by atoms with van der Waals surface area (Å²) in [5.74, 6) is 1.48. The van der Waals surface area contributed by atoms with E-state index < -0.39 is 0 Å². The van der Waals surface area contributed by atoms with Crippen LogP contribution >= 0.6 is 0 Å². The van der Waals surface area contributed by atoms with Gasteiger partial charge >= 0.3 is 0 Å². The molecule has 0 amide bonds. The number of carbonyl (C=O) groups is 1. The molecule has 158 valence electrons. The topological polar surface area (TPSA) is 60.2 Å². The van der Waals surface area contributed by atoms with Gasteiger partial charge in [0.25, 0.3) is 0 Å². The monoisotopic (exact) mass is 406 g/mol. The van der Waals surface area contributed by atoms with E-state index in [2.05, 4.69) is 29.1 Å². The van der Waals surface area contributed by atoms with Crippen LogP contribution in [0.1, 0.15) is 60.4 Å². The predicted molar refractivity (Wildman–Crippen MR) is 118 cm³/mol. The molecule has 30 heavy (non-hydrogen) atoms. The second-order valence-electron chi connectivity index (χ2n) is 8.45. The highest BCUT2D eigenvalue weighted by molar-refractivity contribution is 5.96. The minimum atomic E-state index is 0.145. The van der Waals surface area contributed by atoms with Gasteiger partial charge in [-0.25, -0.2) is 0 Å². The SMILES string of the molecule is COc1ccc2cnc(C3CCN(CC(=O)c4ccnn4C(C)C)CC3)cc2c1C. The second kappa shape index (κ2) is 8.56. The molecule has 6 heteroatoms. The first-order valence-corrected chi connectivity index (χ1v) is 10.7. The molecule has 1 fully saturated rings.